The minimum atomic E-state index is -0.00623. The van der Waals surface area contributed by atoms with Gasteiger partial charge in [0.25, 0.3) is 5.91 Å². The molecular formula is C20H28N4O2. The van der Waals surface area contributed by atoms with Gasteiger partial charge in [-0.25, -0.2) is 0 Å². The van der Waals surface area contributed by atoms with Crippen molar-refractivity contribution in [2.45, 2.75) is 52.6 Å². The summed E-state index contributed by atoms with van der Waals surface area (Å²) in [4.78, 5) is 21.3. The molecule has 140 valence electrons. The Hall–Kier alpha value is -2.21. The van der Waals surface area contributed by atoms with Crippen LogP contribution >= 0.6 is 0 Å². The van der Waals surface area contributed by atoms with Gasteiger partial charge in [-0.3, -0.25) is 9.69 Å². The normalized spacial score (nSPS) is 15.2. The molecule has 0 unspecified atom stereocenters. The summed E-state index contributed by atoms with van der Waals surface area (Å²) in [5.74, 6) is 1.15. The second-order valence-electron chi connectivity index (χ2n) is 6.81. The molecular weight excluding hydrogens is 328 g/mol. The largest absolute Gasteiger partial charge is 0.337 e. The zero-order valence-corrected chi connectivity index (χ0v) is 15.8. The maximum atomic E-state index is 12.8. The molecule has 6 nitrogen and oxygen atoms in total. The van der Waals surface area contributed by atoms with Crippen LogP contribution in [-0.4, -0.2) is 45.5 Å². The zero-order chi connectivity index (χ0) is 18.4. The van der Waals surface area contributed by atoms with Gasteiger partial charge in [0.15, 0.2) is 5.82 Å². The number of rotatable bonds is 7. The highest BCUT2D eigenvalue weighted by molar-refractivity contribution is 5.94. The van der Waals surface area contributed by atoms with Gasteiger partial charge in [0.2, 0.25) is 5.89 Å². The van der Waals surface area contributed by atoms with Gasteiger partial charge in [0, 0.05) is 25.1 Å². The molecule has 0 saturated carbocycles. The van der Waals surface area contributed by atoms with Crippen LogP contribution in [0.15, 0.2) is 28.8 Å². The van der Waals surface area contributed by atoms with Crippen LogP contribution in [0.2, 0.25) is 0 Å². The fraction of sp³-hybridized carbons (Fsp3) is 0.550. The van der Waals surface area contributed by atoms with Crippen LogP contribution in [0.4, 0.5) is 0 Å². The third-order valence-electron chi connectivity index (χ3n) is 4.88. The number of benzene rings is 1. The Morgan fingerprint density at radius 1 is 1.15 bits per heavy atom. The highest BCUT2D eigenvalue weighted by atomic mass is 16.5. The van der Waals surface area contributed by atoms with Crippen LogP contribution in [0.5, 0.6) is 0 Å². The van der Waals surface area contributed by atoms with Gasteiger partial charge in [0.1, 0.15) is 6.54 Å². The predicted octanol–water partition coefficient (Wildman–Crippen LogP) is 3.28. The van der Waals surface area contributed by atoms with E-state index in [0.717, 1.165) is 13.0 Å². The Bertz CT molecular complexity index is 705. The van der Waals surface area contributed by atoms with Crippen LogP contribution < -0.4 is 0 Å². The molecule has 3 rings (SSSR count). The fourth-order valence-electron chi connectivity index (χ4n) is 3.30. The average molecular weight is 356 g/mol. The molecule has 1 aromatic heterocycles. The first-order valence-electron chi connectivity index (χ1n) is 9.61. The maximum absolute atomic E-state index is 12.8. The number of nitrogens with zero attached hydrogens (tertiary/aromatic N) is 4. The first-order chi connectivity index (χ1) is 12.7. The van der Waals surface area contributed by atoms with Crippen molar-refractivity contribution in [1.82, 2.24) is 19.9 Å². The van der Waals surface area contributed by atoms with Crippen LogP contribution in [0.3, 0.4) is 0 Å². The highest BCUT2D eigenvalue weighted by Crippen LogP contribution is 2.15. The van der Waals surface area contributed by atoms with E-state index >= 15 is 0 Å². The molecule has 1 saturated heterocycles. The summed E-state index contributed by atoms with van der Waals surface area (Å²) in [7, 11) is 0. The number of carbonyl (C=O) groups excluding carboxylic acids is 1. The van der Waals surface area contributed by atoms with E-state index in [-0.39, 0.29) is 5.91 Å². The zero-order valence-electron chi connectivity index (χ0n) is 15.8. The topological polar surface area (TPSA) is 62.5 Å². The van der Waals surface area contributed by atoms with E-state index in [1.54, 1.807) is 4.90 Å². The lowest BCUT2D eigenvalue weighted by atomic mass is 10.1. The minimum Gasteiger partial charge on any atom is -0.337 e. The van der Waals surface area contributed by atoms with Crippen LogP contribution in [0.1, 0.15) is 60.7 Å². The molecule has 1 aliphatic rings. The smallest absolute Gasteiger partial charge is 0.254 e. The molecule has 6 heteroatoms. The molecule has 0 aliphatic carbocycles. The molecule has 0 bridgehead atoms. The van der Waals surface area contributed by atoms with E-state index in [2.05, 4.69) is 27.2 Å². The molecule has 0 radical (unpaired) electrons. The predicted molar refractivity (Wildman–Crippen MR) is 99.7 cm³/mol. The standard InChI is InChI=1S/C20H28N4O2/c1-3-18-21-19(26-22-18)15-24(4-2)20(25)17-10-8-16(9-11-17)14-23-12-6-5-7-13-23/h8-11H,3-7,12-15H2,1-2H3. The number of amides is 1. The van der Waals surface area contributed by atoms with Gasteiger partial charge in [-0.15, -0.1) is 0 Å². The molecule has 1 aliphatic heterocycles. The van der Waals surface area contributed by atoms with Crippen LogP contribution in [0.25, 0.3) is 0 Å². The molecule has 2 heterocycles. The molecule has 26 heavy (non-hydrogen) atoms. The van der Waals surface area contributed by atoms with Gasteiger partial charge in [-0.05, 0) is 50.6 Å². The van der Waals surface area contributed by atoms with Gasteiger partial charge >= 0.3 is 0 Å². The second kappa shape index (κ2) is 8.94. The van der Waals surface area contributed by atoms with Crippen molar-refractivity contribution in [2.24, 2.45) is 0 Å². The Morgan fingerprint density at radius 2 is 1.88 bits per heavy atom. The first-order valence-corrected chi connectivity index (χ1v) is 9.61. The monoisotopic (exact) mass is 356 g/mol. The quantitative estimate of drug-likeness (QED) is 0.762. The van der Waals surface area contributed by atoms with Crippen molar-refractivity contribution < 1.29 is 9.32 Å². The van der Waals surface area contributed by atoms with Crippen LogP contribution in [-0.2, 0) is 19.5 Å². The van der Waals surface area contributed by atoms with Crippen molar-refractivity contribution in [1.29, 1.82) is 0 Å². The number of aryl methyl sites for hydroxylation is 1. The van der Waals surface area contributed by atoms with E-state index in [9.17, 15) is 4.79 Å². The SMILES string of the molecule is CCc1noc(CN(CC)C(=O)c2ccc(CN3CCCCC3)cc2)n1. The Morgan fingerprint density at radius 3 is 2.50 bits per heavy atom. The summed E-state index contributed by atoms with van der Waals surface area (Å²) >= 11 is 0. The Labute approximate surface area is 155 Å². The van der Waals surface area contributed by atoms with Gasteiger partial charge in [-0.2, -0.15) is 4.98 Å². The second-order valence-corrected chi connectivity index (χ2v) is 6.81. The van der Waals surface area contributed by atoms with Crippen molar-refractivity contribution >= 4 is 5.91 Å². The van der Waals surface area contributed by atoms with Gasteiger partial charge < -0.3 is 9.42 Å². The summed E-state index contributed by atoms with van der Waals surface area (Å²) in [6.45, 7) is 8.19. The number of hydrogen-bond donors (Lipinski definition) is 0. The van der Waals surface area contributed by atoms with Crippen molar-refractivity contribution in [3.8, 4) is 0 Å². The summed E-state index contributed by atoms with van der Waals surface area (Å²) < 4.78 is 5.22. The summed E-state index contributed by atoms with van der Waals surface area (Å²) in [6, 6.07) is 7.99. The van der Waals surface area contributed by atoms with E-state index in [4.69, 9.17) is 4.52 Å². The summed E-state index contributed by atoms with van der Waals surface area (Å²) in [5, 5.41) is 3.89. The summed E-state index contributed by atoms with van der Waals surface area (Å²) in [6.07, 6.45) is 4.65. The van der Waals surface area contributed by atoms with E-state index < -0.39 is 0 Å². The van der Waals surface area contributed by atoms with Gasteiger partial charge in [-0.1, -0.05) is 30.6 Å². The van der Waals surface area contributed by atoms with Crippen molar-refractivity contribution in [2.75, 3.05) is 19.6 Å². The van der Waals surface area contributed by atoms with E-state index in [0.29, 0.717) is 30.4 Å². The van der Waals surface area contributed by atoms with E-state index in [1.165, 1.54) is 37.9 Å². The Balaban J connectivity index is 1.61. The fourth-order valence-corrected chi connectivity index (χ4v) is 3.30. The number of hydrogen-bond acceptors (Lipinski definition) is 5. The third-order valence-corrected chi connectivity index (χ3v) is 4.88. The molecule has 0 spiro atoms. The minimum absolute atomic E-state index is 0.00623. The number of piperidine rings is 1. The third kappa shape index (κ3) is 4.69. The number of likely N-dealkylation sites (tertiary alicyclic amines) is 1. The highest BCUT2D eigenvalue weighted by Gasteiger charge is 2.18. The van der Waals surface area contributed by atoms with E-state index in [1.807, 2.05) is 26.0 Å². The molecule has 1 amide bonds. The lowest BCUT2D eigenvalue weighted by molar-refractivity contribution is 0.0734. The molecule has 1 fully saturated rings. The van der Waals surface area contributed by atoms with Crippen molar-refractivity contribution in [3.05, 3.63) is 47.1 Å². The molecule has 0 N–H and O–H groups in total. The lowest BCUT2D eigenvalue weighted by Gasteiger charge is -2.26. The van der Waals surface area contributed by atoms with Crippen molar-refractivity contribution in [3.63, 3.8) is 0 Å². The average Bonchev–Trinajstić information content (AvgIpc) is 3.15. The van der Waals surface area contributed by atoms with Gasteiger partial charge in [0.05, 0.1) is 0 Å². The first kappa shape index (κ1) is 18.6. The molecule has 0 atom stereocenters. The number of carbonyl (C=O) groups is 1. The summed E-state index contributed by atoms with van der Waals surface area (Å²) in [5.41, 5.74) is 1.96. The van der Waals surface area contributed by atoms with Crippen LogP contribution in [0, 0.1) is 0 Å². The Kier molecular flexibility index (Phi) is 6.39. The maximum Gasteiger partial charge on any atom is 0.254 e. The number of aromatic nitrogens is 2. The molecule has 2 aromatic rings. The molecule has 1 aromatic carbocycles. The lowest BCUT2D eigenvalue weighted by Crippen LogP contribution is -2.30.